The highest BCUT2D eigenvalue weighted by Gasteiger charge is 2.33. The van der Waals surface area contributed by atoms with Crippen LogP contribution in [0.4, 0.5) is 4.79 Å². The third-order valence-corrected chi connectivity index (χ3v) is 4.88. The van der Waals surface area contributed by atoms with E-state index in [-0.39, 0.29) is 17.9 Å². The van der Waals surface area contributed by atoms with Gasteiger partial charge in [0.1, 0.15) is 15.4 Å². The van der Waals surface area contributed by atoms with E-state index in [1.165, 1.54) is 6.26 Å². The Balaban J connectivity index is 2.47. The van der Waals surface area contributed by atoms with Crippen LogP contribution < -0.4 is 5.32 Å². The molecule has 2 unspecified atom stereocenters. The highest BCUT2D eigenvalue weighted by molar-refractivity contribution is 7.90. The van der Waals surface area contributed by atoms with Gasteiger partial charge in [-0.2, -0.15) is 0 Å². The molecule has 130 valence electrons. The van der Waals surface area contributed by atoms with Gasteiger partial charge >= 0.3 is 6.09 Å². The largest absolute Gasteiger partial charge is 0.444 e. The van der Waals surface area contributed by atoms with Crippen molar-refractivity contribution in [3.05, 3.63) is 0 Å². The van der Waals surface area contributed by atoms with Crippen LogP contribution >= 0.6 is 0 Å². The van der Waals surface area contributed by atoms with E-state index in [9.17, 15) is 13.2 Å². The maximum Gasteiger partial charge on any atom is 0.410 e. The molecule has 0 aliphatic carbocycles. The summed E-state index contributed by atoms with van der Waals surface area (Å²) in [4.78, 5) is 13.8. The van der Waals surface area contributed by atoms with Gasteiger partial charge in [0.2, 0.25) is 0 Å². The standard InChI is InChI=1S/C15H30N2O4S/c1-15(2,3)21-14(18)17-9-8-12(11-17)13(16-4)7-6-10-22(5,19)20/h12-13,16H,6-11H2,1-5H3. The maximum atomic E-state index is 12.1. The van der Waals surface area contributed by atoms with Gasteiger partial charge in [0.05, 0.1) is 0 Å². The Bertz CT molecular complexity index is 470. The highest BCUT2D eigenvalue weighted by Crippen LogP contribution is 2.24. The zero-order valence-electron chi connectivity index (χ0n) is 14.4. The number of carbonyl (C=O) groups excluding carboxylic acids is 1. The zero-order chi connectivity index (χ0) is 17.0. The molecule has 0 radical (unpaired) electrons. The second-order valence-electron chi connectivity index (χ2n) is 7.14. The highest BCUT2D eigenvalue weighted by atomic mass is 32.2. The van der Waals surface area contributed by atoms with Gasteiger partial charge in [-0.15, -0.1) is 0 Å². The lowest BCUT2D eigenvalue weighted by Gasteiger charge is -2.26. The van der Waals surface area contributed by atoms with Gasteiger partial charge in [-0.1, -0.05) is 0 Å². The van der Waals surface area contributed by atoms with Crippen LogP contribution in [0.1, 0.15) is 40.0 Å². The van der Waals surface area contributed by atoms with Crippen LogP contribution in [0.25, 0.3) is 0 Å². The van der Waals surface area contributed by atoms with E-state index in [1.54, 1.807) is 4.90 Å². The summed E-state index contributed by atoms with van der Waals surface area (Å²) in [5, 5.41) is 3.26. The number of hydrogen-bond acceptors (Lipinski definition) is 5. The summed E-state index contributed by atoms with van der Waals surface area (Å²) in [5.41, 5.74) is -0.479. The summed E-state index contributed by atoms with van der Waals surface area (Å²) in [7, 11) is -1.02. The summed E-state index contributed by atoms with van der Waals surface area (Å²) < 4.78 is 27.8. The number of carbonyl (C=O) groups is 1. The lowest BCUT2D eigenvalue weighted by Crippen LogP contribution is -2.39. The first-order chi connectivity index (χ1) is 10.0. The van der Waals surface area contributed by atoms with Gasteiger partial charge in [-0.3, -0.25) is 0 Å². The number of hydrogen-bond donors (Lipinski definition) is 1. The van der Waals surface area contributed by atoms with E-state index in [1.807, 2.05) is 27.8 Å². The second kappa shape index (κ2) is 7.64. The Labute approximate surface area is 134 Å². The maximum absolute atomic E-state index is 12.1. The Morgan fingerprint density at radius 3 is 2.55 bits per heavy atom. The molecule has 2 atom stereocenters. The molecule has 22 heavy (non-hydrogen) atoms. The normalized spacial score (nSPS) is 21.0. The van der Waals surface area contributed by atoms with E-state index in [0.29, 0.717) is 25.4 Å². The molecule has 0 aromatic heterocycles. The summed E-state index contributed by atoms with van der Waals surface area (Å²) in [6.07, 6.45) is 3.37. The van der Waals surface area contributed by atoms with Crippen molar-refractivity contribution in [2.24, 2.45) is 5.92 Å². The molecule has 1 aliphatic heterocycles. The molecule has 1 fully saturated rings. The fourth-order valence-corrected chi connectivity index (χ4v) is 3.48. The van der Waals surface area contributed by atoms with Crippen LogP contribution in [0.15, 0.2) is 0 Å². The van der Waals surface area contributed by atoms with Crippen LogP contribution in [-0.2, 0) is 14.6 Å². The molecule has 0 spiro atoms. The number of sulfone groups is 1. The fourth-order valence-electron chi connectivity index (χ4n) is 2.79. The molecule has 1 heterocycles. The summed E-state index contributed by atoms with van der Waals surface area (Å²) >= 11 is 0. The Hall–Kier alpha value is -0.820. The van der Waals surface area contributed by atoms with Gasteiger partial charge in [-0.05, 0) is 53.0 Å². The molecule has 1 aliphatic rings. The minimum atomic E-state index is -2.91. The van der Waals surface area contributed by atoms with Crippen molar-refractivity contribution in [2.45, 2.75) is 51.7 Å². The average Bonchev–Trinajstić information content (AvgIpc) is 2.80. The predicted octanol–water partition coefficient (Wildman–Crippen LogP) is 1.66. The van der Waals surface area contributed by atoms with Gasteiger partial charge in [0.15, 0.2) is 0 Å². The summed E-state index contributed by atoms with van der Waals surface area (Å²) in [5.74, 6) is 0.560. The smallest absolute Gasteiger partial charge is 0.410 e. The van der Waals surface area contributed by atoms with Crippen molar-refractivity contribution in [3.63, 3.8) is 0 Å². The van der Waals surface area contributed by atoms with E-state index in [0.717, 1.165) is 12.8 Å². The van der Waals surface area contributed by atoms with Crippen molar-refractivity contribution < 1.29 is 17.9 Å². The molecule has 0 aromatic carbocycles. The number of amides is 1. The number of likely N-dealkylation sites (tertiary alicyclic amines) is 1. The van der Waals surface area contributed by atoms with Crippen molar-refractivity contribution in [1.82, 2.24) is 10.2 Å². The first kappa shape index (κ1) is 19.2. The molecular weight excluding hydrogens is 304 g/mol. The van der Waals surface area contributed by atoms with E-state index in [2.05, 4.69) is 5.32 Å². The van der Waals surface area contributed by atoms with Crippen molar-refractivity contribution in [3.8, 4) is 0 Å². The number of rotatable bonds is 6. The van der Waals surface area contributed by atoms with E-state index < -0.39 is 15.4 Å². The topological polar surface area (TPSA) is 75.7 Å². The van der Waals surface area contributed by atoms with Crippen LogP contribution in [0, 0.1) is 5.92 Å². The summed E-state index contributed by atoms with van der Waals surface area (Å²) in [6.45, 7) is 6.95. The van der Waals surface area contributed by atoms with Crippen molar-refractivity contribution >= 4 is 15.9 Å². The lowest BCUT2D eigenvalue weighted by atomic mass is 9.95. The van der Waals surface area contributed by atoms with Crippen LogP contribution in [-0.4, -0.2) is 63.2 Å². The SMILES string of the molecule is CNC(CCCS(C)(=O)=O)C1CCN(C(=O)OC(C)(C)C)C1. The van der Waals surface area contributed by atoms with Gasteiger partial charge in [-0.25, -0.2) is 13.2 Å². The van der Waals surface area contributed by atoms with Crippen molar-refractivity contribution in [2.75, 3.05) is 32.1 Å². The van der Waals surface area contributed by atoms with Crippen LogP contribution in [0.5, 0.6) is 0 Å². The van der Waals surface area contributed by atoms with E-state index >= 15 is 0 Å². The van der Waals surface area contributed by atoms with Crippen LogP contribution in [0.3, 0.4) is 0 Å². The molecule has 0 saturated carbocycles. The lowest BCUT2D eigenvalue weighted by molar-refractivity contribution is 0.0285. The van der Waals surface area contributed by atoms with Crippen LogP contribution in [0.2, 0.25) is 0 Å². The third kappa shape index (κ3) is 6.96. The molecule has 6 nitrogen and oxygen atoms in total. The molecule has 1 amide bonds. The van der Waals surface area contributed by atoms with Crippen molar-refractivity contribution in [1.29, 1.82) is 0 Å². The second-order valence-corrected chi connectivity index (χ2v) is 9.40. The molecule has 7 heteroatoms. The molecule has 0 bridgehead atoms. The predicted molar refractivity (Wildman–Crippen MR) is 87.7 cm³/mol. The average molecular weight is 334 g/mol. The molecule has 1 N–H and O–H groups in total. The molecular formula is C15H30N2O4S. The van der Waals surface area contributed by atoms with Gasteiger partial charge in [0.25, 0.3) is 0 Å². The molecule has 0 aromatic rings. The first-order valence-corrected chi connectivity index (χ1v) is 9.91. The van der Waals surface area contributed by atoms with E-state index in [4.69, 9.17) is 4.74 Å². The quantitative estimate of drug-likeness (QED) is 0.799. The third-order valence-electron chi connectivity index (χ3n) is 3.85. The monoisotopic (exact) mass is 334 g/mol. The molecule has 1 rings (SSSR count). The molecule has 1 saturated heterocycles. The summed E-state index contributed by atoms with van der Waals surface area (Å²) in [6, 6.07) is 0.231. The number of ether oxygens (including phenoxy) is 1. The minimum Gasteiger partial charge on any atom is -0.444 e. The Kier molecular flexibility index (Phi) is 6.67. The fraction of sp³-hybridized carbons (Fsp3) is 0.933. The Morgan fingerprint density at radius 1 is 1.41 bits per heavy atom. The number of nitrogens with zero attached hydrogens (tertiary/aromatic N) is 1. The van der Waals surface area contributed by atoms with Gasteiger partial charge in [0, 0.05) is 31.1 Å². The minimum absolute atomic E-state index is 0.216. The first-order valence-electron chi connectivity index (χ1n) is 7.85. The number of nitrogens with one attached hydrogen (secondary N) is 1. The zero-order valence-corrected chi connectivity index (χ0v) is 15.2. The van der Waals surface area contributed by atoms with Gasteiger partial charge < -0.3 is 15.0 Å². The Morgan fingerprint density at radius 2 is 2.05 bits per heavy atom.